The SMILES string of the molecule is [C-]#[N+]c1ccc2c(c1)c1cc(-c3cccc(-n4c5ccccc5c5ccccc54)c3)ccc1n2C.[C-]#[N+]c1ccc2c3cc(-c4cccc(-c5ccc(-c6ccccc6)cc5)c4)ccc3n(C)c2c1.[C-]#[N+]c1ccc2c3cc(-c4cccc(-c5ccccc5)c4)ccc3n(C)c2c1.[C-]#[N+]c1ccc2c3cc(-c4ccccc4)ccc3n(C)c2c1. The van der Waals surface area contributed by atoms with Crippen LogP contribution in [0.25, 0.3) is 212 Å². The molecule has 0 N–H and O–H groups in total. The zero-order chi connectivity index (χ0) is 80.8. The predicted octanol–water partition coefficient (Wildman–Crippen LogP) is 30.3. The molecule has 9 nitrogen and oxygen atoms in total. The molecular formula is C110H75N9. The van der Waals surface area contributed by atoms with Crippen molar-refractivity contribution in [1.82, 2.24) is 22.8 Å². The summed E-state index contributed by atoms with van der Waals surface area (Å²) in [6.07, 6.45) is 0. The summed E-state index contributed by atoms with van der Waals surface area (Å²) in [5.74, 6) is 0. The molecule has 119 heavy (non-hydrogen) atoms. The standard InChI is InChI=1S/C32H21N3.C32H22N2.C26H18N2.C20H14N2/c1-33-23-15-17-30-28(20-23)27-19-22(14-16-29(27)34(30)2)21-8-7-9-24(18-21)35-31-12-5-3-10-25(31)26-11-4-6-13-32(26)35;1-33-28-16-17-29-30-20-27(15-18-31(30)34(2)32(29)21-28)26-10-6-9-25(19-26)24-13-11-23(12-14-24)22-7-4-3-5-8-22;1-27-22-12-13-23-24-16-21(11-14-25(24)28(2)26(23)17-22)20-10-6-9-19(15-20)18-7-4-3-5-8-18;1-21-16-9-10-17-18-12-15(14-6-4-3-5-7-14)8-11-19(18)22(2)20(17)13-16/h3-20H,2H3;3-21H,2H3;3-17H,2H3;3-13H,2H3. The lowest BCUT2D eigenvalue weighted by Crippen LogP contribution is -1.94. The summed E-state index contributed by atoms with van der Waals surface area (Å²) in [6.45, 7) is 29.2. The lowest BCUT2D eigenvalue weighted by Gasteiger charge is -2.10. The molecule has 560 valence electrons. The van der Waals surface area contributed by atoms with Crippen molar-refractivity contribution in [1.29, 1.82) is 0 Å². The van der Waals surface area contributed by atoms with Crippen LogP contribution >= 0.6 is 0 Å². The first-order valence-electron chi connectivity index (χ1n) is 39.6. The number of para-hydroxylation sites is 2. The molecule has 17 aromatic carbocycles. The van der Waals surface area contributed by atoms with Gasteiger partial charge in [0.25, 0.3) is 0 Å². The maximum absolute atomic E-state index is 7.43. The van der Waals surface area contributed by atoms with Gasteiger partial charge in [0.2, 0.25) is 0 Å². The molecule has 22 aromatic rings. The van der Waals surface area contributed by atoms with Crippen LogP contribution in [0.15, 0.2) is 382 Å². The van der Waals surface area contributed by atoms with E-state index in [9.17, 15) is 0 Å². The van der Waals surface area contributed by atoms with Crippen molar-refractivity contribution in [3.05, 3.63) is 428 Å². The van der Waals surface area contributed by atoms with Crippen LogP contribution in [0.5, 0.6) is 0 Å². The van der Waals surface area contributed by atoms with E-state index in [4.69, 9.17) is 26.3 Å². The van der Waals surface area contributed by atoms with E-state index in [0.29, 0.717) is 22.7 Å². The van der Waals surface area contributed by atoms with Gasteiger partial charge in [0.15, 0.2) is 22.7 Å². The van der Waals surface area contributed by atoms with Gasteiger partial charge in [0.05, 0.1) is 37.3 Å². The molecule has 0 aliphatic heterocycles. The van der Waals surface area contributed by atoms with Gasteiger partial charge < -0.3 is 22.8 Å². The van der Waals surface area contributed by atoms with E-state index < -0.39 is 0 Å². The van der Waals surface area contributed by atoms with Gasteiger partial charge in [-0.25, -0.2) is 19.4 Å². The highest BCUT2D eigenvalue weighted by Gasteiger charge is 2.18. The number of rotatable bonds is 8. The monoisotopic (exact) mass is 1520 g/mol. The molecule has 0 saturated heterocycles. The Balaban J connectivity index is 0.000000107. The van der Waals surface area contributed by atoms with Gasteiger partial charge in [-0.05, 0) is 199 Å². The van der Waals surface area contributed by atoms with Crippen LogP contribution in [0.4, 0.5) is 22.7 Å². The molecule has 0 bridgehead atoms. The second-order valence-corrected chi connectivity index (χ2v) is 30.2. The Morgan fingerprint density at radius 2 is 0.395 bits per heavy atom. The Morgan fingerprint density at radius 3 is 0.782 bits per heavy atom. The maximum Gasteiger partial charge on any atom is 0.189 e. The van der Waals surface area contributed by atoms with Crippen molar-refractivity contribution in [2.45, 2.75) is 0 Å². The summed E-state index contributed by atoms with van der Waals surface area (Å²) in [5.41, 5.74) is 32.3. The Kier molecular flexibility index (Phi) is 18.9. The van der Waals surface area contributed by atoms with Crippen LogP contribution in [-0.4, -0.2) is 22.8 Å². The molecule has 22 rings (SSSR count). The fourth-order valence-corrected chi connectivity index (χ4v) is 17.3. The van der Waals surface area contributed by atoms with Crippen molar-refractivity contribution in [3.8, 4) is 83.6 Å². The van der Waals surface area contributed by atoms with Crippen LogP contribution in [-0.2, 0) is 28.2 Å². The molecular weight excluding hydrogens is 1450 g/mol. The van der Waals surface area contributed by atoms with Gasteiger partial charge in [0.1, 0.15) is 0 Å². The molecule has 0 amide bonds. The van der Waals surface area contributed by atoms with E-state index in [0.717, 1.165) is 33.1 Å². The number of aromatic nitrogens is 5. The fraction of sp³-hybridized carbons (Fsp3) is 0.0364. The van der Waals surface area contributed by atoms with Crippen LogP contribution in [0.3, 0.4) is 0 Å². The zero-order valence-electron chi connectivity index (χ0n) is 65.9. The van der Waals surface area contributed by atoms with Gasteiger partial charge in [-0.2, -0.15) is 0 Å². The largest absolute Gasteiger partial charge is 0.345 e. The van der Waals surface area contributed by atoms with Crippen molar-refractivity contribution in [2.75, 3.05) is 0 Å². The molecule has 5 aromatic heterocycles. The highest BCUT2D eigenvalue weighted by atomic mass is 15.0. The van der Waals surface area contributed by atoms with Gasteiger partial charge in [0, 0.05) is 126 Å². The average molecular weight is 1520 g/mol. The molecule has 0 saturated carbocycles. The number of hydrogen-bond donors (Lipinski definition) is 0. The number of hydrogen-bond acceptors (Lipinski definition) is 0. The molecule has 9 heteroatoms. The minimum absolute atomic E-state index is 0.670. The normalized spacial score (nSPS) is 11.2. The number of aryl methyl sites for hydroxylation is 4. The van der Waals surface area contributed by atoms with E-state index in [1.54, 1.807) is 0 Å². The smallest absolute Gasteiger partial charge is 0.189 e. The maximum atomic E-state index is 7.43. The molecule has 0 atom stereocenters. The first-order valence-corrected chi connectivity index (χ1v) is 39.6. The lowest BCUT2D eigenvalue weighted by atomic mass is 9.96. The summed E-state index contributed by atoms with van der Waals surface area (Å²) >= 11 is 0. The van der Waals surface area contributed by atoms with Crippen LogP contribution < -0.4 is 0 Å². The number of benzene rings is 17. The minimum Gasteiger partial charge on any atom is -0.345 e. The molecule has 0 aliphatic carbocycles. The van der Waals surface area contributed by atoms with Gasteiger partial charge >= 0.3 is 0 Å². The molecule has 0 radical (unpaired) electrons. The van der Waals surface area contributed by atoms with Crippen molar-refractivity contribution in [2.24, 2.45) is 28.2 Å². The van der Waals surface area contributed by atoms with Gasteiger partial charge in [-0.1, -0.05) is 267 Å². The van der Waals surface area contributed by atoms with E-state index in [-0.39, 0.29) is 0 Å². The molecule has 0 unspecified atom stereocenters. The summed E-state index contributed by atoms with van der Waals surface area (Å²) in [4.78, 5) is 14.3. The minimum atomic E-state index is 0.670. The highest BCUT2D eigenvalue weighted by molar-refractivity contribution is 6.14. The summed E-state index contributed by atoms with van der Waals surface area (Å²) < 4.78 is 11.1. The van der Waals surface area contributed by atoms with E-state index in [1.807, 2.05) is 72.8 Å². The number of nitrogens with zero attached hydrogens (tertiary/aromatic N) is 9. The van der Waals surface area contributed by atoms with E-state index in [1.165, 1.54) is 159 Å². The van der Waals surface area contributed by atoms with Crippen molar-refractivity contribution < 1.29 is 0 Å². The lowest BCUT2D eigenvalue weighted by molar-refractivity contribution is 1.01. The Bertz CT molecular complexity index is 7880. The second kappa shape index (κ2) is 30.9. The zero-order valence-corrected chi connectivity index (χ0v) is 65.9. The van der Waals surface area contributed by atoms with E-state index >= 15 is 0 Å². The summed E-state index contributed by atoms with van der Waals surface area (Å²) in [7, 11) is 8.28. The molecule has 0 spiro atoms. The Hall–Kier alpha value is -16.3. The van der Waals surface area contributed by atoms with Crippen LogP contribution in [0.2, 0.25) is 0 Å². The Labute approximate surface area is 689 Å². The molecule has 0 fully saturated rings. The highest BCUT2D eigenvalue weighted by Crippen LogP contribution is 2.42. The van der Waals surface area contributed by atoms with Crippen molar-refractivity contribution in [3.63, 3.8) is 0 Å². The first-order chi connectivity index (χ1) is 58.4. The molecule has 5 heterocycles. The summed E-state index contributed by atoms with van der Waals surface area (Å²) in [6, 6.07) is 134. The molecule has 0 aliphatic rings. The Morgan fingerprint density at radius 1 is 0.160 bits per heavy atom. The van der Waals surface area contributed by atoms with E-state index in [2.05, 4.69) is 380 Å². The van der Waals surface area contributed by atoms with Crippen molar-refractivity contribution >= 4 is 132 Å². The average Bonchev–Trinajstić information content (AvgIpc) is 1.63. The third kappa shape index (κ3) is 13.5. The predicted molar refractivity (Wildman–Crippen MR) is 499 cm³/mol. The topological polar surface area (TPSA) is 42.1 Å². The quantitative estimate of drug-likeness (QED) is 0.136. The first kappa shape index (κ1) is 72.9. The second-order valence-electron chi connectivity index (χ2n) is 30.2. The third-order valence-electron chi connectivity index (χ3n) is 23.4. The third-order valence-corrected chi connectivity index (χ3v) is 23.4. The summed E-state index contributed by atoms with van der Waals surface area (Å²) in [5, 5.41) is 12.1. The van der Waals surface area contributed by atoms with Gasteiger partial charge in [-0.3, -0.25) is 0 Å². The number of fused-ring (bicyclic) bond motifs is 15. The van der Waals surface area contributed by atoms with Crippen LogP contribution in [0, 0.1) is 26.3 Å². The van der Waals surface area contributed by atoms with Crippen LogP contribution in [0.1, 0.15) is 0 Å². The fourth-order valence-electron chi connectivity index (χ4n) is 17.3. The van der Waals surface area contributed by atoms with Gasteiger partial charge in [-0.15, -0.1) is 0 Å².